The number of allylic oxidation sites excluding steroid dienone is 1. The Morgan fingerprint density at radius 1 is 1.39 bits per heavy atom. The van der Waals surface area contributed by atoms with Crippen LogP contribution in [-0.2, 0) is 16.0 Å². The summed E-state index contributed by atoms with van der Waals surface area (Å²) in [4.78, 5) is 31.8. The summed E-state index contributed by atoms with van der Waals surface area (Å²) in [6.07, 6.45) is 2.62. The van der Waals surface area contributed by atoms with E-state index in [0.29, 0.717) is 18.7 Å². The van der Waals surface area contributed by atoms with E-state index in [4.69, 9.17) is 4.74 Å². The molecule has 2 heterocycles. The second-order valence-electron chi connectivity index (χ2n) is 7.89. The molecular formula is C22H26N2O4. The van der Waals surface area contributed by atoms with Crippen molar-refractivity contribution in [1.82, 2.24) is 9.88 Å². The quantitative estimate of drug-likeness (QED) is 0.615. The molecule has 6 nitrogen and oxygen atoms in total. The first-order valence-electron chi connectivity index (χ1n) is 9.65. The third-order valence-electron chi connectivity index (χ3n) is 6.71. The minimum absolute atomic E-state index is 0.0275. The Morgan fingerprint density at radius 2 is 2.14 bits per heavy atom. The minimum atomic E-state index is -1.17. The lowest BCUT2D eigenvalue weighted by Crippen LogP contribution is -2.63. The average molecular weight is 382 g/mol. The molecule has 0 amide bonds. The molecule has 1 fully saturated rings. The number of carbonyl (C=O) groups is 2. The number of likely N-dealkylation sites (N-methyl/N-ethyl adjacent to an activating group) is 1. The molecule has 1 aliphatic carbocycles. The summed E-state index contributed by atoms with van der Waals surface area (Å²) >= 11 is 0. The molecule has 0 saturated carbocycles. The van der Waals surface area contributed by atoms with Gasteiger partial charge in [-0.3, -0.25) is 14.5 Å². The summed E-state index contributed by atoms with van der Waals surface area (Å²) in [5.74, 6) is -0.865. The maximum atomic E-state index is 13.3. The lowest BCUT2D eigenvalue weighted by atomic mass is 9.60. The van der Waals surface area contributed by atoms with Crippen molar-refractivity contribution in [2.24, 2.45) is 11.3 Å². The van der Waals surface area contributed by atoms with Crippen molar-refractivity contribution in [3.05, 3.63) is 47.2 Å². The zero-order chi connectivity index (χ0) is 20.1. The van der Waals surface area contributed by atoms with Crippen LogP contribution in [0.2, 0.25) is 0 Å². The van der Waals surface area contributed by atoms with E-state index in [2.05, 4.69) is 9.88 Å². The van der Waals surface area contributed by atoms with Crippen molar-refractivity contribution in [1.29, 1.82) is 0 Å². The number of aliphatic hydroxyl groups excluding tert-OH is 1. The fraction of sp³-hybridized carbons (Fsp3) is 0.455. The van der Waals surface area contributed by atoms with Crippen molar-refractivity contribution < 1.29 is 19.4 Å². The highest BCUT2D eigenvalue weighted by molar-refractivity contribution is 6.03. The van der Waals surface area contributed by atoms with Crippen LogP contribution in [0.1, 0.15) is 29.4 Å². The highest BCUT2D eigenvalue weighted by Gasteiger charge is 2.58. The molecule has 2 aliphatic rings. The van der Waals surface area contributed by atoms with Gasteiger partial charge in [0, 0.05) is 35.8 Å². The van der Waals surface area contributed by atoms with Gasteiger partial charge in [-0.05, 0) is 32.0 Å². The number of hydrogen-bond donors (Lipinski definition) is 2. The van der Waals surface area contributed by atoms with Gasteiger partial charge in [0.2, 0.25) is 0 Å². The number of aromatic amines is 1. The number of ketones is 1. The van der Waals surface area contributed by atoms with E-state index in [1.807, 2.05) is 44.3 Å². The molecule has 6 heteroatoms. The van der Waals surface area contributed by atoms with Crippen LogP contribution in [0.5, 0.6) is 0 Å². The smallest absolute Gasteiger partial charge is 0.316 e. The Morgan fingerprint density at radius 3 is 2.82 bits per heavy atom. The molecule has 1 unspecified atom stereocenters. The zero-order valence-corrected chi connectivity index (χ0v) is 16.5. The molecule has 0 spiro atoms. The molecule has 3 atom stereocenters. The number of hydrogen-bond acceptors (Lipinski definition) is 5. The summed E-state index contributed by atoms with van der Waals surface area (Å²) in [6.45, 7) is 2.22. The SMILES string of the molecule is C/C=C1/CN(C)[C@@H]2Cc3c([nH]c4ccccc34)C(=O)C[C@@H]1C2(CO)C(=O)OC. The van der Waals surface area contributed by atoms with Gasteiger partial charge < -0.3 is 14.8 Å². The Balaban J connectivity index is 1.99. The van der Waals surface area contributed by atoms with Gasteiger partial charge in [0.15, 0.2) is 5.78 Å². The first-order chi connectivity index (χ1) is 13.5. The van der Waals surface area contributed by atoms with E-state index in [1.165, 1.54) is 7.11 Å². The number of H-pyrrole nitrogens is 1. The van der Waals surface area contributed by atoms with Crippen LogP contribution in [0.3, 0.4) is 0 Å². The molecule has 1 saturated heterocycles. The first-order valence-corrected chi connectivity index (χ1v) is 9.65. The summed E-state index contributed by atoms with van der Waals surface area (Å²) < 4.78 is 5.18. The number of aromatic nitrogens is 1. The summed E-state index contributed by atoms with van der Waals surface area (Å²) in [5.41, 5.74) is 2.28. The molecular weight excluding hydrogens is 356 g/mol. The molecule has 2 bridgehead atoms. The number of aliphatic hydroxyl groups is 1. The third-order valence-corrected chi connectivity index (χ3v) is 6.71. The number of benzene rings is 1. The van der Waals surface area contributed by atoms with E-state index < -0.39 is 11.4 Å². The number of rotatable bonds is 2. The first kappa shape index (κ1) is 18.9. The van der Waals surface area contributed by atoms with Crippen molar-refractivity contribution in [2.75, 3.05) is 27.3 Å². The van der Waals surface area contributed by atoms with E-state index in [0.717, 1.165) is 22.0 Å². The van der Waals surface area contributed by atoms with Crippen LogP contribution in [0, 0.1) is 11.3 Å². The lowest BCUT2D eigenvalue weighted by Gasteiger charge is -2.52. The molecule has 4 rings (SSSR count). The number of likely N-dealkylation sites (tertiary alicyclic amines) is 1. The fourth-order valence-electron chi connectivity index (χ4n) is 5.29. The van der Waals surface area contributed by atoms with Crippen LogP contribution in [0.15, 0.2) is 35.9 Å². The Hall–Kier alpha value is -2.44. The minimum Gasteiger partial charge on any atom is -0.468 e. The second kappa shape index (κ2) is 6.87. The number of Topliss-reactive ketones (excluding diaryl/α,β-unsaturated/α-hetero) is 1. The predicted octanol–water partition coefficient (Wildman–Crippen LogP) is 2.33. The highest BCUT2D eigenvalue weighted by atomic mass is 16.5. The normalized spacial score (nSPS) is 29.4. The zero-order valence-electron chi connectivity index (χ0n) is 16.5. The van der Waals surface area contributed by atoms with Gasteiger partial charge in [-0.15, -0.1) is 0 Å². The number of para-hydroxylation sites is 1. The monoisotopic (exact) mass is 382 g/mol. The van der Waals surface area contributed by atoms with Crippen molar-refractivity contribution in [3.8, 4) is 0 Å². The van der Waals surface area contributed by atoms with E-state index in [1.54, 1.807) is 0 Å². The van der Waals surface area contributed by atoms with Gasteiger partial charge in [0.1, 0.15) is 5.41 Å². The summed E-state index contributed by atoms with van der Waals surface area (Å²) in [6, 6.07) is 7.57. The lowest BCUT2D eigenvalue weighted by molar-refractivity contribution is -0.168. The van der Waals surface area contributed by atoms with Gasteiger partial charge in [-0.2, -0.15) is 0 Å². The molecule has 0 radical (unpaired) electrons. The van der Waals surface area contributed by atoms with E-state index in [-0.39, 0.29) is 30.8 Å². The highest BCUT2D eigenvalue weighted by Crippen LogP contribution is 2.49. The second-order valence-corrected chi connectivity index (χ2v) is 7.89. The van der Waals surface area contributed by atoms with Crippen molar-refractivity contribution in [2.45, 2.75) is 25.8 Å². The molecule has 1 aromatic heterocycles. The number of nitrogens with one attached hydrogen (secondary N) is 1. The number of nitrogens with zero attached hydrogens (tertiary/aromatic N) is 1. The number of esters is 1. The average Bonchev–Trinajstić information content (AvgIpc) is 3.07. The Labute approximate surface area is 164 Å². The molecule has 2 N–H and O–H groups in total. The van der Waals surface area contributed by atoms with Crippen LogP contribution in [0.4, 0.5) is 0 Å². The van der Waals surface area contributed by atoms with E-state index >= 15 is 0 Å². The topological polar surface area (TPSA) is 82.6 Å². The molecule has 1 aromatic carbocycles. The maximum absolute atomic E-state index is 13.3. The molecule has 2 aromatic rings. The van der Waals surface area contributed by atoms with Gasteiger partial charge in [-0.25, -0.2) is 0 Å². The Bertz CT molecular complexity index is 976. The Kier molecular flexibility index (Phi) is 4.63. The maximum Gasteiger partial charge on any atom is 0.316 e. The van der Waals surface area contributed by atoms with Gasteiger partial charge in [0.05, 0.1) is 19.4 Å². The van der Waals surface area contributed by atoms with Crippen LogP contribution >= 0.6 is 0 Å². The van der Waals surface area contributed by atoms with Crippen molar-refractivity contribution >= 4 is 22.7 Å². The number of ether oxygens (including phenoxy) is 1. The molecule has 28 heavy (non-hydrogen) atoms. The summed E-state index contributed by atoms with van der Waals surface area (Å²) in [5, 5.41) is 11.5. The molecule has 148 valence electrons. The largest absolute Gasteiger partial charge is 0.468 e. The number of piperidine rings is 1. The fourth-order valence-corrected chi connectivity index (χ4v) is 5.29. The van der Waals surface area contributed by atoms with E-state index in [9.17, 15) is 14.7 Å². The number of methoxy groups -OCH3 is 1. The van der Waals surface area contributed by atoms with Crippen LogP contribution in [-0.4, -0.2) is 60.1 Å². The van der Waals surface area contributed by atoms with Gasteiger partial charge in [0.25, 0.3) is 0 Å². The molecule has 1 aliphatic heterocycles. The number of carbonyl (C=O) groups excluding carboxylic acids is 2. The summed E-state index contributed by atoms with van der Waals surface area (Å²) in [7, 11) is 3.32. The van der Waals surface area contributed by atoms with Gasteiger partial charge in [-0.1, -0.05) is 29.8 Å². The predicted molar refractivity (Wildman–Crippen MR) is 106 cm³/mol. The van der Waals surface area contributed by atoms with Crippen LogP contribution < -0.4 is 0 Å². The standard InChI is InChI=1S/C22H26N2O4/c1-4-13-11-24(2)19-9-15-14-7-5-6-8-17(14)23-20(15)18(26)10-16(13)22(19,12-25)21(27)28-3/h4-8,16,19,23,25H,9-12H2,1-3H3/b13-4-/t16-,19+,22?/m0/s1. The van der Waals surface area contributed by atoms with Crippen molar-refractivity contribution in [3.63, 3.8) is 0 Å². The van der Waals surface area contributed by atoms with Gasteiger partial charge >= 0.3 is 5.97 Å². The third kappa shape index (κ3) is 2.48. The van der Waals surface area contributed by atoms with Crippen LogP contribution in [0.25, 0.3) is 10.9 Å². The number of fused-ring (bicyclic) bond motifs is 5.